The minimum atomic E-state index is -0.154. The third-order valence-electron chi connectivity index (χ3n) is 5.62. The molecule has 180 valence electrons. The summed E-state index contributed by atoms with van der Waals surface area (Å²) in [4.78, 5) is 30.5. The molecular formula is C27H27ClN4O2S. The molecule has 0 radical (unpaired) electrons. The lowest BCUT2D eigenvalue weighted by atomic mass is 9.98. The fourth-order valence-corrected chi connectivity index (χ4v) is 5.02. The van der Waals surface area contributed by atoms with Gasteiger partial charge in [-0.3, -0.25) is 9.59 Å². The van der Waals surface area contributed by atoms with E-state index in [1.165, 1.54) is 11.9 Å². The number of nitrogens with zero attached hydrogens (tertiary/aromatic N) is 3. The smallest absolute Gasteiger partial charge is 0.254 e. The highest BCUT2D eigenvalue weighted by molar-refractivity contribution is 7.98. The van der Waals surface area contributed by atoms with Crippen LogP contribution in [0, 0.1) is 0 Å². The molecule has 35 heavy (non-hydrogen) atoms. The van der Waals surface area contributed by atoms with Gasteiger partial charge < -0.3 is 15.1 Å². The summed E-state index contributed by atoms with van der Waals surface area (Å²) in [6.07, 6.45) is 2.64. The third-order valence-corrected chi connectivity index (χ3v) is 6.75. The van der Waals surface area contributed by atoms with Crippen molar-refractivity contribution in [1.82, 2.24) is 9.80 Å². The highest BCUT2D eigenvalue weighted by atomic mass is 35.5. The summed E-state index contributed by atoms with van der Waals surface area (Å²) in [6, 6.07) is 20.6. The zero-order valence-electron chi connectivity index (χ0n) is 19.7. The molecular weight excluding hydrogens is 480 g/mol. The summed E-state index contributed by atoms with van der Waals surface area (Å²) in [5.74, 6) is -0.150. The Hall–Kier alpha value is -3.29. The number of hydrogen-bond donors (Lipinski definition) is 1. The van der Waals surface area contributed by atoms with Crippen LogP contribution in [-0.2, 0) is 24.2 Å². The molecule has 3 aromatic carbocycles. The normalized spacial score (nSPS) is 12.9. The van der Waals surface area contributed by atoms with Gasteiger partial charge in [-0.05, 0) is 53.4 Å². The van der Waals surface area contributed by atoms with Crippen LogP contribution in [0.4, 0.5) is 5.69 Å². The Kier molecular flexibility index (Phi) is 8.10. The van der Waals surface area contributed by atoms with Crippen molar-refractivity contribution in [2.24, 2.45) is 4.40 Å². The first-order chi connectivity index (χ1) is 16.9. The molecule has 2 amide bonds. The molecule has 0 unspecified atom stereocenters. The maximum absolute atomic E-state index is 13.0. The number of benzene rings is 3. The first-order valence-electron chi connectivity index (χ1n) is 11.3. The Morgan fingerprint density at radius 2 is 1.86 bits per heavy atom. The summed E-state index contributed by atoms with van der Waals surface area (Å²) in [5, 5.41) is 3.57. The molecule has 0 saturated carbocycles. The van der Waals surface area contributed by atoms with Crippen molar-refractivity contribution >= 4 is 47.4 Å². The monoisotopic (exact) mass is 506 g/mol. The first-order valence-corrected chi connectivity index (χ1v) is 12.5. The van der Waals surface area contributed by atoms with Gasteiger partial charge in [-0.2, -0.15) is 0 Å². The molecule has 0 atom stereocenters. The number of fused-ring (bicyclic) bond motifs is 1. The molecule has 0 saturated heterocycles. The number of halogens is 1. The van der Waals surface area contributed by atoms with E-state index in [2.05, 4.69) is 9.71 Å². The van der Waals surface area contributed by atoms with E-state index in [1.807, 2.05) is 84.6 Å². The molecule has 1 N–H and O–H groups in total. The van der Waals surface area contributed by atoms with Gasteiger partial charge in [0.2, 0.25) is 5.91 Å². The third kappa shape index (κ3) is 6.44. The average Bonchev–Trinajstić information content (AvgIpc) is 2.85. The van der Waals surface area contributed by atoms with E-state index in [0.717, 1.165) is 28.0 Å². The minimum absolute atomic E-state index is 0.00393. The molecule has 6 nitrogen and oxygen atoms in total. The van der Waals surface area contributed by atoms with E-state index in [-0.39, 0.29) is 18.2 Å². The van der Waals surface area contributed by atoms with E-state index < -0.39 is 0 Å². The van der Waals surface area contributed by atoms with Crippen LogP contribution in [0.3, 0.4) is 0 Å². The standard InChI is InChI=1S/C27H27ClN4O2S/c1-31(2)18-29-35-25-16-22(30-26(33)15-20-10-6-7-11-24(20)28)14-21-17-32(13-12-23(21)25)27(34)19-8-4-3-5-9-19/h3-11,14,16,18H,12-13,15,17H2,1-2H3,(H,30,33). The molecule has 0 aliphatic carbocycles. The first kappa shape index (κ1) is 24.8. The molecule has 0 aromatic heterocycles. The van der Waals surface area contributed by atoms with Crippen molar-refractivity contribution in [3.05, 3.63) is 94.0 Å². The SMILES string of the molecule is CN(C)C=NSc1cc(NC(=O)Cc2ccccc2Cl)cc2c1CCN(C(=O)c1ccccc1)C2. The van der Waals surface area contributed by atoms with Gasteiger partial charge in [0, 0.05) is 60.3 Å². The van der Waals surface area contributed by atoms with E-state index >= 15 is 0 Å². The van der Waals surface area contributed by atoms with Crippen LogP contribution in [-0.4, -0.2) is 48.6 Å². The van der Waals surface area contributed by atoms with Crippen molar-refractivity contribution in [3.63, 3.8) is 0 Å². The molecule has 1 heterocycles. The van der Waals surface area contributed by atoms with Gasteiger partial charge in [-0.15, -0.1) is 0 Å². The largest absolute Gasteiger partial charge is 0.368 e. The van der Waals surface area contributed by atoms with Crippen LogP contribution in [0.25, 0.3) is 0 Å². The van der Waals surface area contributed by atoms with E-state index in [1.54, 1.807) is 12.4 Å². The molecule has 0 spiro atoms. The predicted molar refractivity (Wildman–Crippen MR) is 143 cm³/mol. The highest BCUT2D eigenvalue weighted by Gasteiger charge is 2.24. The van der Waals surface area contributed by atoms with Gasteiger partial charge in [0.05, 0.1) is 12.8 Å². The second-order valence-corrected chi connectivity index (χ2v) is 9.79. The predicted octanol–water partition coefficient (Wildman–Crippen LogP) is 5.32. The lowest BCUT2D eigenvalue weighted by Gasteiger charge is -2.30. The van der Waals surface area contributed by atoms with E-state index in [9.17, 15) is 9.59 Å². The van der Waals surface area contributed by atoms with Crippen molar-refractivity contribution in [1.29, 1.82) is 0 Å². The van der Waals surface area contributed by atoms with Crippen molar-refractivity contribution in [2.45, 2.75) is 24.3 Å². The van der Waals surface area contributed by atoms with Gasteiger partial charge in [-0.25, -0.2) is 4.40 Å². The number of nitrogens with one attached hydrogen (secondary N) is 1. The average molecular weight is 507 g/mol. The number of carbonyl (C=O) groups is 2. The summed E-state index contributed by atoms with van der Waals surface area (Å²) >= 11 is 7.60. The molecule has 1 aliphatic heterocycles. The zero-order valence-corrected chi connectivity index (χ0v) is 21.3. The topological polar surface area (TPSA) is 65.0 Å². The summed E-state index contributed by atoms with van der Waals surface area (Å²) in [6.45, 7) is 1.10. The maximum Gasteiger partial charge on any atom is 0.254 e. The lowest BCUT2D eigenvalue weighted by Crippen LogP contribution is -2.36. The van der Waals surface area contributed by atoms with Crippen LogP contribution in [0.15, 0.2) is 76.0 Å². The minimum Gasteiger partial charge on any atom is -0.368 e. The Bertz CT molecular complexity index is 1250. The van der Waals surface area contributed by atoms with Gasteiger partial charge in [-0.1, -0.05) is 48.0 Å². The fourth-order valence-electron chi connectivity index (χ4n) is 3.94. The van der Waals surface area contributed by atoms with Gasteiger partial charge >= 0.3 is 0 Å². The summed E-state index contributed by atoms with van der Waals surface area (Å²) in [7, 11) is 3.83. The van der Waals surface area contributed by atoms with Crippen LogP contribution in [0.5, 0.6) is 0 Å². The van der Waals surface area contributed by atoms with Crippen LogP contribution in [0.1, 0.15) is 27.0 Å². The number of anilines is 1. The molecule has 0 fully saturated rings. The van der Waals surface area contributed by atoms with Gasteiger partial charge in [0.15, 0.2) is 0 Å². The van der Waals surface area contributed by atoms with Crippen molar-refractivity contribution in [3.8, 4) is 0 Å². The summed E-state index contributed by atoms with van der Waals surface area (Å²) < 4.78 is 4.46. The second-order valence-electron chi connectivity index (χ2n) is 8.55. The van der Waals surface area contributed by atoms with Crippen LogP contribution >= 0.6 is 23.5 Å². The molecule has 1 aliphatic rings. The number of carbonyl (C=O) groups excluding carboxylic acids is 2. The maximum atomic E-state index is 13.0. The fraction of sp³-hybridized carbons (Fsp3) is 0.222. The van der Waals surface area contributed by atoms with Crippen molar-refractivity contribution in [2.75, 3.05) is 26.0 Å². The highest BCUT2D eigenvalue weighted by Crippen LogP contribution is 2.34. The molecule has 3 aromatic rings. The Balaban J connectivity index is 1.58. The zero-order chi connectivity index (χ0) is 24.8. The number of amides is 2. The van der Waals surface area contributed by atoms with Gasteiger partial charge in [0.25, 0.3) is 5.91 Å². The quantitative estimate of drug-likeness (QED) is 0.268. The summed E-state index contributed by atoms with van der Waals surface area (Å²) in [5.41, 5.74) is 4.29. The Labute approximate surface area is 215 Å². The lowest BCUT2D eigenvalue weighted by molar-refractivity contribution is -0.115. The Morgan fingerprint density at radius 1 is 1.11 bits per heavy atom. The van der Waals surface area contributed by atoms with Crippen LogP contribution in [0.2, 0.25) is 5.02 Å². The van der Waals surface area contributed by atoms with Gasteiger partial charge in [0.1, 0.15) is 0 Å². The van der Waals surface area contributed by atoms with E-state index in [4.69, 9.17) is 11.6 Å². The Morgan fingerprint density at radius 3 is 2.60 bits per heavy atom. The molecule has 4 rings (SSSR count). The number of hydrogen-bond acceptors (Lipinski definition) is 4. The molecule has 8 heteroatoms. The second kappa shape index (κ2) is 11.4. The van der Waals surface area contributed by atoms with Crippen molar-refractivity contribution < 1.29 is 9.59 Å². The van der Waals surface area contributed by atoms with E-state index in [0.29, 0.717) is 29.4 Å². The number of rotatable bonds is 7. The van der Waals surface area contributed by atoms with Crippen LogP contribution < -0.4 is 5.32 Å². The molecule has 0 bridgehead atoms.